The number of hydrogen-bond acceptors (Lipinski definition) is 4. The van der Waals surface area contributed by atoms with Crippen LogP contribution in [-0.4, -0.2) is 68.9 Å². The number of nitrogens with zero attached hydrogens (tertiary/aromatic N) is 2. The van der Waals surface area contributed by atoms with Gasteiger partial charge in [0.05, 0.1) is 0 Å². The van der Waals surface area contributed by atoms with E-state index in [9.17, 15) is 19.2 Å². The van der Waals surface area contributed by atoms with Gasteiger partial charge in [-0.25, -0.2) is 4.79 Å². The molecule has 0 spiro atoms. The van der Waals surface area contributed by atoms with Crippen LogP contribution in [0.5, 0.6) is 0 Å². The Labute approximate surface area is 121 Å². The largest absolute Gasteiger partial charge is 0.480 e. The van der Waals surface area contributed by atoms with Crippen LogP contribution in [0.2, 0.25) is 0 Å². The van der Waals surface area contributed by atoms with Crippen LogP contribution in [0, 0.1) is 0 Å². The highest BCUT2D eigenvalue weighted by Crippen LogP contribution is 2.27. The average molecular weight is 298 g/mol. The van der Waals surface area contributed by atoms with Gasteiger partial charge in [-0.2, -0.15) is 0 Å². The van der Waals surface area contributed by atoms with E-state index in [0.29, 0.717) is 32.1 Å². The standard InChI is InChI=1S/C13H18N2O6/c16-10(17)7-15(8-4-5-8)12(19)11(18)14-6-2-1-3-9(14)13(20)21/h8-9H,1-7H2,(H,16,17)(H,20,21)/t9-/m0/s1. The summed E-state index contributed by atoms with van der Waals surface area (Å²) >= 11 is 0. The van der Waals surface area contributed by atoms with E-state index >= 15 is 0 Å². The number of amides is 2. The highest BCUT2D eigenvalue weighted by molar-refractivity contribution is 6.35. The van der Waals surface area contributed by atoms with E-state index in [1.807, 2.05) is 0 Å². The van der Waals surface area contributed by atoms with Crippen LogP contribution in [0.3, 0.4) is 0 Å². The van der Waals surface area contributed by atoms with E-state index in [1.54, 1.807) is 0 Å². The topological polar surface area (TPSA) is 115 Å². The van der Waals surface area contributed by atoms with Crippen LogP contribution in [0.15, 0.2) is 0 Å². The Balaban J connectivity index is 2.10. The van der Waals surface area contributed by atoms with E-state index in [-0.39, 0.29) is 12.6 Å². The zero-order chi connectivity index (χ0) is 15.6. The van der Waals surface area contributed by atoms with Crippen molar-refractivity contribution in [1.82, 2.24) is 9.80 Å². The van der Waals surface area contributed by atoms with Crippen molar-refractivity contribution in [2.45, 2.75) is 44.2 Å². The third-order valence-corrected chi connectivity index (χ3v) is 3.79. The maximum absolute atomic E-state index is 12.2. The quantitative estimate of drug-likeness (QED) is 0.678. The molecular weight excluding hydrogens is 280 g/mol. The molecule has 2 rings (SSSR count). The smallest absolute Gasteiger partial charge is 0.326 e. The molecule has 2 aliphatic rings. The fraction of sp³-hybridized carbons (Fsp3) is 0.692. The highest BCUT2D eigenvalue weighted by Gasteiger charge is 2.41. The van der Waals surface area contributed by atoms with Crippen LogP contribution in [-0.2, 0) is 19.2 Å². The summed E-state index contributed by atoms with van der Waals surface area (Å²) in [7, 11) is 0. The molecule has 2 fully saturated rings. The fourth-order valence-electron chi connectivity index (χ4n) is 2.58. The summed E-state index contributed by atoms with van der Waals surface area (Å²) in [5.74, 6) is -4.13. The predicted molar refractivity (Wildman–Crippen MR) is 69.4 cm³/mol. The van der Waals surface area contributed by atoms with Gasteiger partial charge in [-0.05, 0) is 32.1 Å². The molecule has 1 aliphatic carbocycles. The minimum Gasteiger partial charge on any atom is -0.480 e. The molecule has 0 bridgehead atoms. The summed E-state index contributed by atoms with van der Waals surface area (Å²) in [5, 5.41) is 18.0. The van der Waals surface area contributed by atoms with Crippen molar-refractivity contribution >= 4 is 23.8 Å². The highest BCUT2D eigenvalue weighted by atomic mass is 16.4. The Bertz CT molecular complexity index is 473. The maximum atomic E-state index is 12.2. The van der Waals surface area contributed by atoms with Crippen molar-refractivity contribution in [3.8, 4) is 0 Å². The Morgan fingerprint density at radius 2 is 1.71 bits per heavy atom. The van der Waals surface area contributed by atoms with E-state index in [1.165, 1.54) is 0 Å². The van der Waals surface area contributed by atoms with Crippen LogP contribution in [0.1, 0.15) is 32.1 Å². The van der Waals surface area contributed by atoms with Gasteiger partial charge in [0, 0.05) is 12.6 Å². The fourth-order valence-corrected chi connectivity index (χ4v) is 2.58. The summed E-state index contributed by atoms with van der Waals surface area (Å²) in [5.41, 5.74) is 0. The number of hydrogen-bond donors (Lipinski definition) is 2. The Kier molecular flexibility index (Phi) is 4.44. The molecule has 21 heavy (non-hydrogen) atoms. The molecule has 1 heterocycles. The van der Waals surface area contributed by atoms with Crippen molar-refractivity contribution in [3.63, 3.8) is 0 Å². The molecule has 0 aromatic rings. The van der Waals surface area contributed by atoms with E-state index in [2.05, 4.69) is 0 Å². The van der Waals surface area contributed by atoms with Gasteiger partial charge in [-0.15, -0.1) is 0 Å². The molecule has 1 saturated heterocycles. The second-order valence-electron chi connectivity index (χ2n) is 5.41. The molecule has 0 unspecified atom stereocenters. The van der Waals surface area contributed by atoms with Crippen molar-refractivity contribution in [1.29, 1.82) is 0 Å². The summed E-state index contributed by atoms with van der Waals surface area (Å²) in [6.45, 7) is -0.312. The van der Waals surface area contributed by atoms with Crippen molar-refractivity contribution in [2.24, 2.45) is 0 Å². The molecule has 0 aromatic heterocycles. The zero-order valence-electron chi connectivity index (χ0n) is 11.5. The van der Waals surface area contributed by atoms with E-state index < -0.39 is 36.3 Å². The average Bonchev–Trinajstić information content (AvgIpc) is 3.27. The number of rotatable bonds is 4. The molecule has 116 valence electrons. The molecule has 8 nitrogen and oxygen atoms in total. The SMILES string of the molecule is O=C(O)CN(C(=O)C(=O)N1CCCC[C@H]1C(=O)O)C1CC1. The molecule has 1 atom stereocenters. The first-order valence-electron chi connectivity index (χ1n) is 6.98. The Morgan fingerprint density at radius 3 is 2.24 bits per heavy atom. The number of carbonyl (C=O) groups excluding carboxylic acids is 2. The molecule has 2 amide bonds. The van der Waals surface area contributed by atoms with Crippen LogP contribution >= 0.6 is 0 Å². The lowest BCUT2D eigenvalue weighted by Gasteiger charge is -2.33. The lowest BCUT2D eigenvalue weighted by Crippen LogP contribution is -2.54. The van der Waals surface area contributed by atoms with Gasteiger partial charge >= 0.3 is 23.8 Å². The van der Waals surface area contributed by atoms with E-state index in [0.717, 1.165) is 9.80 Å². The third-order valence-electron chi connectivity index (χ3n) is 3.79. The predicted octanol–water partition coefficient (Wildman–Crippen LogP) is -0.472. The maximum Gasteiger partial charge on any atom is 0.326 e. The van der Waals surface area contributed by atoms with Gasteiger partial charge in [0.1, 0.15) is 12.6 Å². The number of carboxylic acid groups (broad SMARTS) is 2. The number of likely N-dealkylation sites (tertiary alicyclic amines) is 1. The molecule has 0 radical (unpaired) electrons. The third kappa shape index (κ3) is 3.50. The molecule has 8 heteroatoms. The first kappa shape index (κ1) is 15.3. The summed E-state index contributed by atoms with van der Waals surface area (Å²) < 4.78 is 0. The van der Waals surface area contributed by atoms with Gasteiger partial charge in [-0.1, -0.05) is 0 Å². The molecule has 1 aliphatic heterocycles. The van der Waals surface area contributed by atoms with Crippen molar-refractivity contribution < 1.29 is 29.4 Å². The van der Waals surface area contributed by atoms with Crippen LogP contribution < -0.4 is 0 Å². The monoisotopic (exact) mass is 298 g/mol. The minimum absolute atomic E-state index is 0.215. The molecular formula is C13H18N2O6. The lowest BCUT2D eigenvalue weighted by atomic mass is 10.0. The van der Waals surface area contributed by atoms with Gasteiger partial charge in [0.2, 0.25) is 0 Å². The number of carbonyl (C=O) groups is 4. The van der Waals surface area contributed by atoms with Crippen molar-refractivity contribution in [3.05, 3.63) is 0 Å². The van der Waals surface area contributed by atoms with E-state index in [4.69, 9.17) is 10.2 Å². The second-order valence-corrected chi connectivity index (χ2v) is 5.41. The minimum atomic E-state index is -1.18. The summed E-state index contributed by atoms with van der Waals surface area (Å²) in [6, 6.07) is -1.22. The van der Waals surface area contributed by atoms with Gasteiger partial charge < -0.3 is 20.0 Å². The summed E-state index contributed by atoms with van der Waals surface area (Å²) in [4.78, 5) is 48.5. The molecule has 2 N–H and O–H groups in total. The van der Waals surface area contributed by atoms with Crippen LogP contribution in [0.25, 0.3) is 0 Å². The molecule has 0 aromatic carbocycles. The second kappa shape index (κ2) is 6.11. The number of aliphatic carboxylic acids is 2. The van der Waals surface area contributed by atoms with Gasteiger partial charge in [0.25, 0.3) is 0 Å². The Morgan fingerprint density at radius 1 is 1.05 bits per heavy atom. The van der Waals surface area contributed by atoms with Gasteiger partial charge in [0.15, 0.2) is 0 Å². The Hall–Kier alpha value is -2.12. The van der Waals surface area contributed by atoms with Crippen molar-refractivity contribution in [2.75, 3.05) is 13.1 Å². The normalized spacial score (nSPS) is 21.7. The first-order valence-corrected chi connectivity index (χ1v) is 6.98. The summed E-state index contributed by atoms with van der Waals surface area (Å²) in [6.07, 6.45) is 3.00. The number of piperidine rings is 1. The molecule has 1 saturated carbocycles. The lowest BCUT2D eigenvalue weighted by molar-refractivity contribution is -0.161. The number of carboxylic acids is 2. The van der Waals surface area contributed by atoms with Gasteiger partial charge in [-0.3, -0.25) is 14.4 Å². The zero-order valence-corrected chi connectivity index (χ0v) is 11.5. The first-order chi connectivity index (χ1) is 9.91. The van der Waals surface area contributed by atoms with Crippen LogP contribution in [0.4, 0.5) is 0 Å².